The summed E-state index contributed by atoms with van der Waals surface area (Å²) >= 11 is 4.27. The van der Waals surface area contributed by atoms with Crippen LogP contribution in [0.3, 0.4) is 0 Å². The second kappa shape index (κ2) is 3.89. The predicted octanol–water partition coefficient (Wildman–Crippen LogP) is 3.13. The molecule has 0 fully saturated rings. The summed E-state index contributed by atoms with van der Waals surface area (Å²) in [5.74, 6) is 2.26. The van der Waals surface area contributed by atoms with Crippen LogP contribution in [0, 0.1) is 0 Å². The van der Waals surface area contributed by atoms with E-state index in [1.807, 2.05) is 7.05 Å². The Morgan fingerprint density at radius 1 is 1.40 bits per heavy atom. The molecule has 0 aliphatic rings. The van der Waals surface area contributed by atoms with Crippen molar-refractivity contribution in [3.8, 4) is 0 Å². The molecule has 0 unspecified atom stereocenters. The number of hydrogen-bond donors (Lipinski definition) is 1. The molecule has 0 aliphatic carbocycles. The average molecular weight is 220 g/mol. The van der Waals surface area contributed by atoms with Crippen molar-refractivity contribution in [3.63, 3.8) is 0 Å². The van der Waals surface area contributed by atoms with Gasteiger partial charge in [-0.1, -0.05) is 19.9 Å². The van der Waals surface area contributed by atoms with E-state index < -0.39 is 0 Å². The van der Waals surface area contributed by atoms with Crippen LogP contribution in [0.4, 0.5) is 0 Å². The van der Waals surface area contributed by atoms with Gasteiger partial charge in [-0.25, -0.2) is 4.98 Å². The Labute approximate surface area is 95.7 Å². The molecule has 2 aromatic rings. The normalized spacial score (nSPS) is 11.5. The van der Waals surface area contributed by atoms with Crippen LogP contribution in [0.25, 0.3) is 11.0 Å². The number of hydrogen-bond acceptors (Lipinski definition) is 2. The molecule has 0 radical (unpaired) electrons. The van der Waals surface area contributed by atoms with Crippen molar-refractivity contribution in [2.24, 2.45) is 7.05 Å². The summed E-state index contributed by atoms with van der Waals surface area (Å²) in [5.41, 5.74) is 3.60. The van der Waals surface area contributed by atoms with Crippen molar-refractivity contribution < 1.29 is 0 Å². The van der Waals surface area contributed by atoms with Crippen LogP contribution in [0.5, 0.6) is 0 Å². The first-order chi connectivity index (χ1) is 7.13. The SMILES string of the molecule is CC(C)c1ccc2c(c1)nc(CS)n2C. The van der Waals surface area contributed by atoms with E-state index in [1.54, 1.807) is 0 Å². The highest BCUT2D eigenvalue weighted by Crippen LogP contribution is 2.21. The Morgan fingerprint density at radius 3 is 2.73 bits per heavy atom. The third kappa shape index (κ3) is 1.76. The van der Waals surface area contributed by atoms with E-state index >= 15 is 0 Å². The number of nitrogens with zero attached hydrogens (tertiary/aromatic N) is 2. The number of rotatable bonds is 2. The minimum absolute atomic E-state index is 0.552. The van der Waals surface area contributed by atoms with Gasteiger partial charge in [0.2, 0.25) is 0 Å². The van der Waals surface area contributed by atoms with Crippen LogP contribution >= 0.6 is 12.6 Å². The van der Waals surface area contributed by atoms with Crippen LogP contribution in [0.1, 0.15) is 31.2 Å². The molecule has 15 heavy (non-hydrogen) atoms. The van der Waals surface area contributed by atoms with Crippen molar-refractivity contribution in [2.45, 2.75) is 25.5 Å². The zero-order valence-electron chi connectivity index (χ0n) is 9.36. The molecule has 2 rings (SSSR count). The van der Waals surface area contributed by atoms with E-state index in [-0.39, 0.29) is 0 Å². The lowest BCUT2D eigenvalue weighted by Crippen LogP contribution is -1.93. The third-order valence-electron chi connectivity index (χ3n) is 2.81. The van der Waals surface area contributed by atoms with Gasteiger partial charge in [-0.15, -0.1) is 0 Å². The highest BCUT2D eigenvalue weighted by Gasteiger charge is 2.07. The molecule has 80 valence electrons. The van der Waals surface area contributed by atoms with E-state index in [1.165, 1.54) is 11.1 Å². The zero-order valence-corrected chi connectivity index (χ0v) is 10.3. The fourth-order valence-electron chi connectivity index (χ4n) is 1.77. The summed E-state index contributed by atoms with van der Waals surface area (Å²) in [6, 6.07) is 6.49. The van der Waals surface area contributed by atoms with Gasteiger partial charge in [-0.05, 0) is 23.6 Å². The molecule has 2 nitrogen and oxygen atoms in total. The Morgan fingerprint density at radius 2 is 2.13 bits per heavy atom. The predicted molar refractivity (Wildman–Crippen MR) is 67.5 cm³/mol. The fraction of sp³-hybridized carbons (Fsp3) is 0.417. The topological polar surface area (TPSA) is 17.8 Å². The van der Waals surface area contributed by atoms with Crippen molar-refractivity contribution in [2.75, 3.05) is 0 Å². The van der Waals surface area contributed by atoms with E-state index in [0.717, 1.165) is 11.3 Å². The summed E-state index contributed by atoms with van der Waals surface area (Å²) in [4.78, 5) is 4.56. The third-order valence-corrected chi connectivity index (χ3v) is 3.09. The van der Waals surface area contributed by atoms with Gasteiger partial charge < -0.3 is 4.57 Å². The number of aromatic nitrogens is 2. The minimum atomic E-state index is 0.552. The summed E-state index contributed by atoms with van der Waals surface area (Å²) in [7, 11) is 2.04. The first kappa shape index (κ1) is 10.6. The zero-order chi connectivity index (χ0) is 11.0. The molecular formula is C12H16N2S. The van der Waals surface area contributed by atoms with Crippen molar-refractivity contribution in [1.82, 2.24) is 9.55 Å². The standard InChI is InChI=1S/C12H16N2S/c1-8(2)9-4-5-11-10(6-9)13-12(7-15)14(11)3/h4-6,8,15H,7H2,1-3H3. The summed E-state index contributed by atoms with van der Waals surface area (Å²) in [6.45, 7) is 4.40. The van der Waals surface area contributed by atoms with Gasteiger partial charge in [-0.2, -0.15) is 12.6 Å². The molecule has 1 aromatic heterocycles. The van der Waals surface area contributed by atoms with Crippen LogP contribution in [-0.2, 0) is 12.8 Å². The van der Waals surface area contributed by atoms with Gasteiger partial charge in [0, 0.05) is 12.8 Å². The molecular weight excluding hydrogens is 204 g/mol. The quantitative estimate of drug-likeness (QED) is 0.770. The molecule has 0 spiro atoms. The van der Waals surface area contributed by atoms with E-state index in [9.17, 15) is 0 Å². The summed E-state index contributed by atoms with van der Waals surface area (Å²) < 4.78 is 2.10. The smallest absolute Gasteiger partial charge is 0.119 e. The van der Waals surface area contributed by atoms with Gasteiger partial charge in [-0.3, -0.25) is 0 Å². The Balaban J connectivity index is 2.63. The molecule has 1 aromatic carbocycles. The Hall–Kier alpha value is -0.960. The van der Waals surface area contributed by atoms with E-state index in [4.69, 9.17) is 0 Å². The van der Waals surface area contributed by atoms with Crippen LogP contribution in [-0.4, -0.2) is 9.55 Å². The van der Waals surface area contributed by atoms with Crippen LogP contribution < -0.4 is 0 Å². The summed E-state index contributed by atoms with van der Waals surface area (Å²) in [5, 5.41) is 0. The first-order valence-corrected chi connectivity index (χ1v) is 5.83. The minimum Gasteiger partial charge on any atom is -0.330 e. The van der Waals surface area contributed by atoms with Gasteiger partial charge in [0.15, 0.2) is 0 Å². The van der Waals surface area contributed by atoms with Crippen molar-refractivity contribution in [3.05, 3.63) is 29.6 Å². The Bertz CT molecular complexity index is 486. The molecule has 0 amide bonds. The maximum atomic E-state index is 4.56. The lowest BCUT2D eigenvalue weighted by atomic mass is 10.0. The maximum absolute atomic E-state index is 4.56. The number of benzene rings is 1. The maximum Gasteiger partial charge on any atom is 0.119 e. The second-order valence-corrected chi connectivity index (χ2v) is 4.46. The number of fused-ring (bicyclic) bond motifs is 1. The molecule has 3 heteroatoms. The molecule has 1 heterocycles. The average Bonchev–Trinajstić information content (AvgIpc) is 2.55. The van der Waals surface area contributed by atoms with Gasteiger partial charge in [0.1, 0.15) is 5.82 Å². The Kier molecular flexibility index (Phi) is 2.74. The van der Waals surface area contributed by atoms with Gasteiger partial charge >= 0.3 is 0 Å². The van der Waals surface area contributed by atoms with E-state index in [0.29, 0.717) is 11.7 Å². The highest BCUT2D eigenvalue weighted by atomic mass is 32.1. The van der Waals surface area contributed by atoms with Crippen LogP contribution in [0.15, 0.2) is 18.2 Å². The molecule has 0 aliphatic heterocycles. The number of aryl methyl sites for hydroxylation is 1. The number of imidazole rings is 1. The van der Waals surface area contributed by atoms with Gasteiger partial charge in [0.25, 0.3) is 0 Å². The van der Waals surface area contributed by atoms with Crippen molar-refractivity contribution in [1.29, 1.82) is 0 Å². The highest BCUT2D eigenvalue weighted by molar-refractivity contribution is 7.79. The van der Waals surface area contributed by atoms with Gasteiger partial charge in [0.05, 0.1) is 11.0 Å². The molecule has 0 saturated carbocycles. The number of thiol groups is 1. The largest absolute Gasteiger partial charge is 0.330 e. The fourth-order valence-corrected chi connectivity index (χ4v) is 2.05. The van der Waals surface area contributed by atoms with Crippen LogP contribution in [0.2, 0.25) is 0 Å². The van der Waals surface area contributed by atoms with E-state index in [2.05, 4.69) is 54.2 Å². The monoisotopic (exact) mass is 220 g/mol. The summed E-state index contributed by atoms with van der Waals surface area (Å²) in [6.07, 6.45) is 0. The second-order valence-electron chi connectivity index (χ2n) is 4.15. The molecule has 0 bridgehead atoms. The first-order valence-electron chi connectivity index (χ1n) is 5.19. The molecule has 0 N–H and O–H groups in total. The molecule has 0 atom stereocenters. The lowest BCUT2D eigenvalue weighted by Gasteiger charge is -2.04. The lowest BCUT2D eigenvalue weighted by molar-refractivity contribution is 0.867. The van der Waals surface area contributed by atoms with Crippen molar-refractivity contribution >= 4 is 23.7 Å². The molecule has 0 saturated heterocycles.